The van der Waals surface area contributed by atoms with Crippen LogP contribution in [0.2, 0.25) is 13.1 Å². The second-order valence-electron chi connectivity index (χ2n) is 14.8. The molecule has 2 aromatic heterocycles. The largest absolute Gasteiger partial charge is 0.455 e. The molecule has 254 valence electrons. The van der Waals surface area contributed by atoms with E-state index in [1.54, 1.807) is 0 Å². The summed E-state index contributed by atoms with van der Waals surface area (Å²) in [5.41, 5.74) is 9.36. The number of hydrogen-bond donors (Lipinski definition) is 0. The van der Waals surface area contributed by atoms with Crippen molar-refractivity contribution in [1.29, 1.82) is 0 Å². The Labute approximate surface area is 313 Å². The molecule has 4 nitrogen and oxygen atoms in total. The first-order valence-corrected chi connectivity index (χ1v) is 21.4. The quantitative estimate of drug-likeness (QED) is 0.135. The van der Waals surface area contributed by atoms with Crippen LogP contribution in [0.5, 0.6) is 0 Å². The summed E-state index contributed by atoms with van der Waals surface area (Å²) >= 11 is 0. The third-order valence-corrected chi connectivity index (χ3v) is 14.8. The molecule has 54 heavy (non-hydrogen) atoms. The Hall–Kier alpha value is -6.69. The highest BCUT2D eigenvalue weighted by Crippen LogP contribution is 2.44. The molecule has 0 amide bonds. The van der Waals surface area contributed by atoms with Crippen molar-refractivity contribution in [2.24, 2.45) is 0 Å². The van der Waals surface area contributed by atoms with Crippen LogP contribution in [0, 0.1) is 0 Å². The third-order valence-electron chi connectivity index (χ3n) is 11.3. The molecule has 10 aromatic rings. The molecule has 0 fully saturated rings. The molecule has 1 aliphatic heterocycles. The van der Waals surface area contributed by atoms with E-state index in [0.717, 1.165) is 55.1 Å². The summed E-state index contributed by atoms with van der Waals surface area (Å²) in [5, 5.41) is 9.68. The van der Waals surface area contributed by atoms with Crippen LogP contribution in [-0.2, 0) is 0 Å². The van der Waals surface area contributed by atoms with Crippen molar-refractivity contribution >= 4 is 61.9 Å². The molecule has 0 saturated heterocycles. The van der Waals surface area contributed by atoms with E-state index in [-0.39, 0.29) is 0 Å². The van der Waals surface area contributed by atoms with Crippen molar-refractivity contribution in [3.8, 4) is 56.4 Å². The average Bonchev–Trinajstić information content (AvgIpc) is 3.73. The van der Waals surface area contributed by atoms with Crippen LogP contribution >= 0.6 is 0 Å². The Kier molecular flexibility index (Phi) is 6.67. The molecular weight excluding hydrogens is 675 g/mol. The van der Waals surface area contributed by atoms with Crippen LogP contribution in [0.25, 0.3) is 99.9 Å². The van der Waals surface area contributed by atoms with Gasteiger partial charge in [0, 0.05) is 33.0 Å². The van der Waals surface area contributed by atoms with Gasteiger partial charge in [-0.3, -0.25) is 0 Å². The molecule has 0 saturated carbocycles. The van der Waals surface area contributed by atoms with Gasteiger partial charge in [-0.2, -0.15) is 0 Å². The van der Waals surface area contributed by atoms with Crippen LogP contribution < -0.4 is 10.4 Å². The monoisotopic (exact) mass is 707 g/mol. The molecular formula is C49H33N3OSi. The number of aromatic nitrogens is 3. The highest BCUT2D eigenvalue weighted by molar-refractivity contribution is 7.04. The molecule has 5 heteroatoms. The lowest BCUT2D eigenvalue weighted by Gasteiger charge is -2.19. The van der Waals surface area contributed by atoms with Crippen molar-refractivity contribution in [2.75, 3.05) is 0 Å². The van der Waals surface area contributed by atoms with E-state index in [4.69, 9.17) is 19.4 Å². The molecule has 0 N–H and O–H groups in total. The zero-order valence-corrected chi connectivity index (χ0v) is 30.8. The molecule has 11 rings (SSSR count). The molecule has 0 atom stereocenters. The normalized spacial score (nSPS) is 13.1. The highest BCUT2D eigenvalue weighted by Gasteiger charge is 2.40. The van der Waals surface area contributed by atoms with Gasteiger partial charge in [0.2, 0.25) is 0 Å². The number of nitrogens with zero attached hydrogens (tertiary/aromatic N) is 3. The number of hydrogen-bond acceptors (Lipinski definition) is 4. The van der Waals surface area contributed by atoms with Gasteiger partial charge in [-0.25, -0.2) is 15.0 Å². The first kappa shape index (κ1) is 30.9. The van der Waals surface area contributed by atoms with E-state index >= 15 is 0 Å². The number of para-hydroxylation sites is 1. The Bertz CT molecular complexity index is 3150. The van der Waals surface area contributed by atoms with Crippen LogP contribution in [0.1, 0.15) is 0 Å². The lowest BCUT2D eigenvalue weighted by atomic mass is 9.98. The van der Waals surface area contributed by atoms with Crippen LogP contribution in [0.15, 0.2) is 168 Å². The Morgan fingerprint density at radius 2 is 1.07 bits per heavy atom. The standard InChI is InChI=1S/C49H33N3OSi/c1-54(2)42-22-11-9-20-39(42)45-43(54)29-40(44-38-19-8-10-21-41(38)53-46(44)45)49-51-47(34-17-12-16-32(27-34)30-13-4-3-5-14-30)50-48(52-49)35-25-26-37-33(28-35)24-23-31-15-6-7-18-36(31)37/h3-29H,1-2H3. The molecule has 0 unspecified atom stereocenters. The second-order valence-corrected chi connectivity index (χ2v) is 19.1. The molecule has 0 aliphatic carbocycles. The van der Waals surface area contributed by atoms with E-state index in [1.165, 1.54) is 37.7 Å². The van der Waals surface area contributed by atoms with Crippen molar-refractivity contribution in [2.45, 2.75) is 13.1 Å². The lowest BCUT2D eigenvalue weighted by molar-refractivity contribution is 0.670. The Morgan fingerprint density at radius 1 is 0.426 bits per heavy atom. The summed E-state index contributed by atoms with van der Waals surface area (Å²) in [4.78, 5) is 15.9. The van der Waals surface area contributed by atoms with Crippen molar-refractivity contribution < 1.29 is 4.42 Å². The number of fused-ring (bicyclic) bond motifs is 10. The topological polar surface area (TPSA) is 51.8 Å². The predicted octanol–water partition coefficient (Wildman–Crippen LogP) is 11.5. The zero-order chi connectivity index (χ0) is 36.0. The van der Waals surface area contributed by atoms with E-state index in [0.29, 0.717) is 17.5 Å². The summed E-state index contributed by atoms with van der Waals surface area (Å²) in [5.74, 6) is 1.91. The van der Waals surface area contributed by atoms with E-state index < -0.39 is 8.07 Å². The van der Waals surface area contributed by atoms with Gasteiger partial charge in [0.1, 0.15) is 19.2 Å². The van der Waals surface area contributed by atoms with Gasteiger partial charge in [0.25, 0.3) is 0 Å². The summed E-state index contributed by atoms with van der Waals surface area (Å²) in [6, 6.07) is 58.0. The minimum atomic E-state index is -2.10. The molecule has 0 bridgehead atoms. The lowest BCUT2D eigenvalue weighted by Crippen LogP contribution is -2.49. The van der Waals surface area contributed by atoms with Crippen LogP contribution in [0.3, 0.4) is 0 Å². The van der Waals surface area contributed by atoms with Crippen molar-refractivity contribution in [3.05, 3.63) is 164 Å². The van der Waals surface area contributed by atoms with E-state index in [2.05, 4.69) is 165 Å². The van der Waals surface area contributed by atoms with Gasteiger partial charge < -0.3 is 4.42 Å². The van der Waals surface area contributed by atoms with Gasteiger partial charge in [-0.1, -0.05) is 153 Å². The van der Waals surface area contributed by atoms with Crippen LogP contribution in [-0.4, -0.2) is 23.0 Å². The molecule has 8 aromatic carbocycles. The smallest absolute Gasteiger partial charge is 0.164 e. The minimum absolute atomic E-state index is 0.632. The van der Waals surface area contributed by atoms with Gasteiger partial charge in [0.15, 0.2) is 17.5 Å². The van der Waals surface area contributed by atoms with Gasteiger partial charge in [-0.05, 0) is 72.9 Å². The highest BCUT2D eigenvalue weighted by atomic mass is 28.3. The fourth-order valence-corrected chi connectivity index (χ4v) is 11.7. The molecule has 0 spiro atoms. The molecule has 3 heterocycles. The summed E-state index contributed by atoms with van der Waals surface area (Å²) < 4.78 is 6.84. The maximum Gasteiger partial charge on any atom is 0.164 e. The van der Waals surface area contributed by atoms with Gasteiger partial charge in [-0.15, -0.1) is 0 Å². The fourth-order valence-electron chi connectivity index (χ4n) is 8.60. The zero-order valence-electron chi connectivity index (χ0n) is 29.8. The maximum atomic E-state index is 6.84. The Morgan fingerprint density at radius 3 is 1.94 bits per heavy atom. The molecule has 0 radical (unpaired) electrons. The summed E-state index contributed by atoms with van der Waals surface area (Å²) in [6.45, 7) is 4.88. The Balaban J connectivity index is 1.20. The number of furan rings is 1. The maximum absolute atomic E-state index is 6.84. The molecule has 1 aliphatic rings. The predicted molar refractivity (Wildman–Crippen MR) is 226 cm³/mol. The number of benzene rings is 8. The van der Waals surface area contributed by atoms with Gasteiger partial charge >= 0.3 is 0 Å². The SMILES string of the molecule is C[Si]1(C)c2ccccc2-c2c1cc(-c1nc(-c3cccc(-c4ccccc4)c3)nc(-c3ccc4c(ccc5ccccc54)c3)n1)c1c2oc2ccccc21. The third kappa shape index (κ3) is 4.65. The minimum Gasteiger partial charge on any atom is -0.455 e. The van der Waals surface area contributed by atoms with Gasteiger partial charge in [0.05, 0.1) is 0 Å². The summed E-state index contributed by atoms with van der Waals surface area (Å²) in [6.07, 6.45) is 0. The second kappa shape index (κ2) is 11.7. The van der Waals surface area contributed by atoms with E-state index in [1.807, 2.05) is 12.1 Å². The van der Waals surface area contributed by atoms with Crippen molar-refractivity contribution in [1.82, 2.24) is 15.0 Å². The summed E-state index contributed by atoms with van der Waals surface area (Å²) in [7, 11) is -2.10. The fraction of sp³-hybridized carbons (Fsp3) is 0.0408. The van der Waals surface area contributed by atoms with Crippen molar-refractivity contribution in [3.63, 3.8) is 0 Å². The van der Waals surface area contributed by atoms with Crippen LogP contribution in [0.4, 0.5) is 0 Å². The number of rotatable bonds is 4. The first-order chi connectivity index (χ1) is 26.5. The van der Waals surface area contributed by atoms with E-state index in [9.17, 15) is 0 Å². The average molecular weight is 708 g/mol. The first-order valence-electron chi connectivity index (χ1n) is 18.4.